The highest BCUT2D eigenvalue weighted by Gasteiger charge is 2.15. The molecule has 3 N–H and O–H groups in total. The zero-order valence-electron chi connectivity index (χ0n) is 12.8. The SMILES string of the molecule is NC(=O)c1ccc(CSc2nnc(NC3CCCCC3)s2)cc1. The van der Waals surface area contributed by atoms with Crippen LogP contribution in [0.3, 0.4) is 0 Å². The standard InChI is InChI=1S/C16H20N4OS2/c17-14(21)12-8-6-11(7-9-12)10-22-16-20-19-15(23-16)18-13-4-2-1-3-5-13/h6-9,13H,1-5,10H2,(H2,17,21)(H,18,19). The first-order valence-corrected chi connectivity index (χ1v) is 9.62. The van der Waals surface area contributed by atoms with Gasteiger partial charge in [-0.2, -0.15) is 0 Å². The van der Waals surface area contributed by atoms with E-state index in [9.17, 15) is 4.79 Å². The molecule has 23 heavy (non-hydrogen) atoms. The van der Waals surface area contributed by atoms with Gasteiger partial charge in [0.25, 0.3) is 0 Å². The minimum Gasteiger partial charge on any atom is -0.366 e. The number of nitrogens with zero attached hydrogens (tertiary/aromatic N) is 2. The van der Waals surface area contributed by atoms with E-state index in [1.807, 2.05) is 12.1 Å². The molecule has 1 saturated carbocycles. The summed E-state index contributed by atoms with van der Waals surface area (Å²) in [5.41, 5.74) is 6.91. The predicted octanol–water partition coefficient (Wildman–Crippen LogP) is 3.67. The van der Waals surface area contributed by atoms with Crippen LogP contribution in [0.4, 0.5) is 5.13 Å². The van der Waals surface area contributed by atoms with E-state index in [4.69, 9.17) is 5.73 Å². The molecule has 1 aliphatic rings. The number of anilines is 1. The summed E-state index contributed by atoms with van der Waals surface area (Å²) in [4.78, 5) is 11.1. The van der Waals surface area contributed by atoms with Crippen molar-refractivity contribution in [2.45, 2.75) is 48.2 Å². The number of hydrogen-bond acceptors (Lipinski definition) is 6. The second-order valence-electron chi connectivity index (χ2n) is 5.70. The number of carbonyl (C=O) groups is 1. The number of rotatable bonds is 6. The highest BCUT2D eigenvalue weighted by atomic mass is 32.2. The Hall–Kier alpha value is -1.60. The highest BCUT2D eigenvalue weighted by molar-refractivity contribution is 8.00. The van der Waals surface area contributed by atoms with Crippen molar-refractivity contribution in [3.63, 3.8) is 0 Å². The molecule has 1 aliphatic carbocycles. The smallest absolute Gasteiger partial charge is 0.248 e. The van der Waals surface area contributed by atoms with Crippen LogP contribution in [0, 0.1) is 0 Å². The minimum absolute atomic E-state index is 0.397. The summed E-state index contributed by atoms with van der Waals surface area (Å²) in [7, 11) is 0. The molecule has 7 heteroatoms. The summed E-state index contributed by atoms with van der Waals surface area (Å²) in [5.74, 6) is 0.406. The third kappa shape index (κ3) is 4.68. The highest BCUT2D eigenvalue weighted by Crippen LogP contribution is 2.30. The van der Waals surface area contributed by atoms with Gasteiger partial charge in [0.1, 0.15) is 0 Å². The van der Waals surface area contributed by atoms with Crippen LogP contribution in [0.5, 0.6) is 0 Å². The van der Waals surface area contributed by atoms with Gasteiger partial charge in [-0.1, -0.05) is 54.5 Å². The largest absolute Gasteiger partial charge is 0.366 e. The van der Waals surface area contributed by atoms with Crippen molar-refractivity contribution in [2.75, 3.05) is 5.32 Å². The lowest BCUT2D eigenvalue weighted by molar-refractivity contribution is 0.100. The number of benzene rings is 1. The fourth-order valence-electron chi connectivity index (χ4n) is 2.66. The average molecular weight is 348 g/mol. The summed E-state index contributed by atoms with van der Waals surface area (Å²) in [6.45, 7) is 0. The Balaban J connectivity index is 1.51. The number of carbonyl (C=O) groups excluding carboxylic acids is 1. The Morgan fingerprint density at radius 2 is 1.96 bits per heavy atom. The second-order valence-corrected chi connectivity index (χ2v) is 7.90. The molecule has 122 valence electrons. The third-order valence-electron chi connectivity index (χ3n) is 3.94. The maximum absolute atomic E-state index is 11.1. The maximum Gasteiger partial charge on any atom is 0.248 e. The minimum atomic E-state index is -0.397. The summed E-state index contributed by atoms with van der Waals surface area (Å²) in [6.07, 6.45) is 6.42. The molecule has 0 unspecified atom stereocenters. The Kier molecular flexibility index (Phi) is 5.51. The zero-order valence-corrected chi connectivity index (χ0v) is 14.5. The van der Waals surface area contributed by atoms with Crippen LogP contribution >= 0.6 is 23.1 Å². The van der Waals surface area contributed by atoms with E-state index in [0.29, 0.717) is 11.6 Å². The van der Waals surface area contributed by atoms with Gasteiger partial charge < -0.3 is 11.1 Å². The van der Waals surface area contributed by atoms with Crippen LogP contribution in [0.25, 0.3) is 0 Å². The van der Waals surface area contributed by atoms with E-state index in [0.717, 1.165) is 20.8 Å². The van der Waals surface area contributed by atoms with Crippen LogP contribution < -0.4 is 11.1 Å². The monoisotopic (exact) mass is 348 g/mol. The van der Waals surface area contributed by atoms with Gasteiger partial charge in [0.15, 0.2) is 4.34 Å². The van der Waals surface area contributed by atoms with Crippen molar-refractivity contribution >= 4 is 34.1 Å². The lowest BCUT2D eigenvalue weighted by atomic mass is 9.96. The first kappa shape index (κ1) is 16.3. The lowest BCUT2D eigenvalue weighted by Gasteiger charge is -2.21. The molecule has 0 atom stereocenters. The molecule has 2 aromatic rings. The number of amides is 1. The van der Waals surface area contributed by atoms with Crippen LogP contribution in [0.2, 0.25) is 0 Å². The summed E-state index contributed by atoms with van der Waals surface area (Å²) in [6, 6.07) is 7.92. The van der Waals surface area contributed by atoms with Gasteiger partial charge in [0, 0.05) is 17.4 Å². The number of thioether (sulfide) groups is 1. The molecule has 0 radical (unpaired) electrons. The Bertz CT molecular complexity index is 650. The van der Waals surface area contributed by atoms with E-state index >= 15 is 0 Å². The summed E-state index contributed by atoms with van der Waals surface area (Å²) < 4.78 is 0.960. The average Bonchev–Trinajstić information content (AvgIpc) is 3.02. The van der Waals surface area contributed by atoms with Gasteiger partial charge in [0.2, 0.25) is 11.0 Å². The van der Waals surface area contributed by atoms with Crippen molar-refractivity contribution in [1.29, 1.82) is 0 Å². The maximum atomic E-state index is 11.1. The van der Waals surface area contributed by atoms with Gasteiger partial charge in [0.05, 0.1) is 0 Å². The topological polar surface area (TPSA) is 80.9 Å². The van der Waals surface area contributed by atoms with E-state index in [-0.39, 0.29) is 0 Å². The summed E-state index contributed by atoms with van der Waals surface area (Å²) in [5, 5.41) is 12.9. The van der Waals surface area contributed by atoms with E-state index in [2.05, 4.69) is 15.5 Å². The van der Waals surface area contributed by atoms with Crippen LogP contribution in [0.15, 0.2) is 28.6 Å². The fourth-order valence-corrected chi connectivity index (χ4v) is 4.44. The molecule has 1 heterocycles. The van der Waals surface area contributed by atoms with E-state index in [1.54, 1.807) is 35.2 Å². The third-order valence-corrected chi connectivity index (χ3v) is 6.00. The fraction of sp³-hybridized carbons (Fsp3) is 0.438. The number of aromatic nitrogens is 2. The van der Waals surface area contributed by atoms with Gasteiger partial charge in [-0.15, -0.1) is 10.2 Å². The Labute approximate surface area is 144 Å². The van der Waals surface area contributed by atoms with E-state index in [1.165, 1.54) is 32.1 Å². The van der Waals surface area contributed by atoms with Gasteiger partial charge in [-0.3, -0.25) is 4.79 Å². The van der Waals surface area contributed by atoms with Gasteiger partial charge in [-0.25, -0.2) is 0 Å². The summed E-state index contributed by atoms with van der Waals surface area (Å²) >= 11 is 3.27. The number of nitrogens with one attached hydrogen (secondary N) is 1. The van der Waals surface area contributed by atoms with Crippen molar-refractivity contribution in [2.24, 2.45) is 5.73 Å². The predicted molar refractivity (Wildman–Crippen MR) is 94.9 cm³/mol. The first-order valence-electron chi connectivity index (χ1n) is 7.82. The molecule has 0 bridgehead atoms. The van der Waals surface area contributed by atoms with Crippen LogP contribution in [0.1, 0.15) is 48.0 Å². The van der Waals surface area contributed by atoms with Crippen LogP contribution in [-0.4, -0.2) is 22.1 Å². The molecular formula is C16H20N4OS2. The van der Waals surface area contributed by atoms with Gasteiger partial charge >= 0.3 is 0 Å². The van der Waals surface area contributed by atoms with Crippen LogP contribution in [-0.2, 0) is 5.75 Å². The molecule has 0 saturated heterocycles. The van der Waals surface area contributed by atoms with Crippen molar-refractivity contribution < 1.29 is 4.79 Å². The molecule has 1 amide bonds. The Morgan fingerprint density at radius 1 is 1.22 bits per heavy atom. The number of nitrogens with two attached hydrogens (primary N) is 1. The normalized spacial score (nSPS) is 15.5. The molecule has 5 nitrogen and oxygen atoms in total. The molecule has 3 rings (SSSR count). The zero-order chi connectivity index (χ0) is 16.1. The molecule has 1 aromatic carbocycles. The number of primary amides is 1. The number of hydrogen-bond donors (Lipinski definition) is 2. The molecule has 0 aliphatic heterocycles. The van der Waals surface area contributed by atoms with Crippen molar-refractivity contribution in [3.05, 3.63) is 35.4 Å². The van der Waals surface area contributed by atoms with Crippen molar-refractivity contribution in [3.8, 4) is 0 Å². The molecular weight excluding hydrogens is 328 g/mol. The van der Waals surface area contributed by atoms with E-state index < -0.39 is 5.91 Å². The molecule has 1 aromatic heterocycles. The van der Waals surface area contributed by atoms with Crippen molar-refractivity contribution in [1.82, 2.24) is 10.2 Å². The lowest BCUT2D eigenvalue weighted by Crippen LogP contribution is -2.21. The molecule has 0 spiro atoms. The second kappa shape index (κ2) is 7.79. The first-order chi connectivity index (χ1) is 11.2. The Morgan fingerprint density at radius 3 is 2.65 bits per heavy atom. The quantitative estimate of drug-likeness (QED) is 0.779. The molecule has 1 fully saturated rings. The van der Waals surface area contributed by atoms with Gasteiger partial charge in [-0.05, 0) is 30.5 Å².